The first kappa shape index (κ1) is 20.7. The Morgan fingerprint density at radius 1 is 1.21 bits per heavy atom. The third-order valence-electron chi connectivity index (χ3n) is 6.79. The zero-order valence-corrected chi connectivity index (χ0v) is 18.0. The summed E-state index contributed by atoms with van der Waals surface area (Å²) >= 11 is 0. The Hall–Kier alpha value is -1.60. The Morgan fingerprint density at radius 3 is 2.90 bits per heavy atom. The minimum absolute atomic E-state index is 0.230. The van der Waals surface area contributed by atoms with Crippen LogP contribution in [0.25, 0.3) is 0 Å². The molecule has 162 valence electrons. The number of aromatic nitrogens is 2. The highest BCUT2D eigenvalue weighted by atomic mass is 16.5. The van der Waals surface area contributed by atoms with Crippen LogP contribution in [0.2, 0.25) is 0 Å². The van der Waals surface area contributed by atoms with E-state index in [2.05, 4.69) is 32.0 Å². The van der Waals surface area contributed by atoms with Crippen LogP contribution in [-0.4, -0.2) is 53.4 Å². The standard InChI is InChI=1S/C22H38N6O/c1-2-3-14-29-22-24-15-19-20(26-22)28(21(23)25-19)13-7-9-17-8-6-12-27(16-17)18-10-4-5-11-18/h15,17-18,21,25H,2-14,16,23H2,1H3. The highest BCUT2D eigenvalue weighted by Crippen LogP contribution is 2.33. The number of anilines is 2. The van der Waals surface area contributed by atoms with Gasteiger partial charge in [0.05, 0.1) is 18.5 Å². The van der Waals surface area contributed by atoms with Crippen molar-refractivity contribution in [3.8, 4) is 6.01 Å². The molecule has 2 fully saturated rings. The van der Waals surface area contributed by atoms with E-state index in [4.69, 9.17) is 10.5 Å². The molecule has 2 unspecified atom stereocenters. The molecule has 3 aliphatic rings. The number of likely N-dealkylation sites (tertiary alicyclic amines) is 1. The Kier molecular flexibility index (Phi) is 7.08. The number of nitrogens with one attached hydrogen (secondary N) is 1. The van der Waals surface area contributed by atoms with E-state index in [1.807, 2.05) is 0 Å². The lowest BCUT2D eigenvalue weighted by atomic mass is 9.92. The van der Waals surface area contributed by atoms with Crippen LogP contribution in [0.1, 0.15) is 71.1 Å². The summed E-state index contributed by atoms with van der Waals surface area (Å²) < 4.78 is 5.69. The maximum Gasteiger partial charge on any atom is 0.318 e. The van der Waals surface area contributed by atoms with Gasteiger partial charge >= 0.3 is 6.01 Å². The maximum atomic E-state index is 6.32. The Morgan fingerprint density at radius 2 is 2.07 bits per heavy atom. The fraction of sp³-hybridized carbons (Fsp3) is 0.818. The number of hydrogen-bond acceptors (Lipinski definition) is 7. The van der Waals surface area contributed by atoms with Crippen molar-refractivity contribution in [2.75, 3.05) is 36.5 Å². The van der Waals surface area contributed by atoms with Crippen molar-refractivity contribution < 1.29 is 4.74 Å². The lowest BCUT2D eigenvalue weighted by Gasteiger charge is -2.37. The van der Waals surface area contributed by atoms with Crippen LogP contribution in [0.15, 0.2) is 6.20 Å². The van der Waals surface area contributed by atoms with E-state index in [9.17, 15) is 0 Å². The van der Waals surface area contributed by atoms with Crippen LogP contribution in [0.4, 0.5) is 11.5 Å². The van der Waals surface area contributed by atoms with Crippen LogP contribution in [0.5, 0.6) is 6.01 Å². The second-order valence-corrected chi connectivity index (χ2v) is 8.96. The average Bonchev–Trinajstić information content (AvgIpc) is 3.37. The molecule has 7 heteroatoms. The summed E-state index contributed by atoms with van der Waals surface area (Å²) in [6.45, 7) is 6.34. The molecule has 0 spiro atoms. The summed E-state index contributed by atoms with van der Waals surface area (Å²) in [7, 11) is 0. The topological polar surface area (TPSA) is 79.5 Å². The van der Waals surface area contributed by atoms with Crippen molar-refractivity contribution in [2.45, 2.75) is 83.5 Å². The predicted molar refractivity (Wildman–Crippen MR) is 117 cm³/mol. The molecule has 3 N–H and O–H groups in total. The average molecular weight is 403 g/mol. The van der Waals surface area contributed by atoms with Crippen LogP contribution >= 0.6 is 0 Å². The molecule has 0 radical (unpaired) electrons. The van der Waals surface area contributed by atoms with Crippen LogP contribution in [0.3, 0.4) is 0 Å². The molecule has 1 aliphatic carbocycles. The second kappa shape index (κ2) is 9.94. The number of nitrogens with zero attached hydrogens (tertiary/aromatic N) is 4. The second-order valence-electron chi connectivity index (χ2n) is 8.96. The summed E-state index contributed by atoms with van der Waals surface area (Å²) in [5.74, 6) is 1.71. The molecule has 29 heavy (non-hydrogen) atoms. The summed E-state index contributed by atoms with van der Waals surface area (Å²) in [5, 5.41) is 3.29. The minimum Gasteiger partial charge on any atom is -0.463 e. The zero-order valence-electron chi connectivity index (χ0n) is 18.0. The number of rotatable bonds is 9. The molecule has 7 nitrogen and oxygen atoms in total. The monoisotopic (exact) mass is 402 g/mol. The van der Waals surface area contributed by atoms with Crippen molar-refractivity contribution in [3.63, 3.8) is 0 Å². The molecule has 2 atom stereocenters. The SMILES string of the molecule is CCCCOc1ncc2c(n1)N(CCCC1CCCN(C3CCCC3)C1)C(N)N2. The summed E-state index contributed by atoms with van der Waals surface area (Å²) in [4.78, 5) is 13.9. The molecule has 1 aromatic heterocycles. The highest BCUT2D eigenvalue weighted by Gasteiger charge is 2.30. The first-order valence-corrected chi connectivity index (χ1v) is 11.8. The molecular formula is C22H38N6O. The van der Waals surface area contributed by atoms with E-state index in [1.54, 1.807) is 6.20 Å². The maximum absolute atomic E-state index is 6.32. The molecule has 0 aromatic carbocycles. The van der Waals surface area contributed by atoms with E-state index in [0.29, 0.717) is 12.6 Å². The number of ether oxygens (including phenoxy) is 1. The fourth-order valence-corrected chi connectivity index (χ4v) is 5.15. The number of unbranched alkanes of at least 4 members (excludes halogenated alkanes) is 1. The van der Waals surface area contributed by atoms with Gasteiger partial charge in [-0.05, 0) is 57.4 Å². The van der Waals surface area contributed by atoms with Gasteiger partial charge in [-0.2, -0.15) is 4.98 Å². The Balaban J connectivity index is 1.28. The largest absolute Gasteiger partial charge is 0.463 e. The van der Waals surface area contributed by atoms with Crippen molar-refractivity contribution in [1.29, 1.82) is 0 Å². The summed E-state index contributed by atoms with van der Waals surface area (Å²) in [6.07, 6.45) is 14.5. The van der Waals surface area contributed by atoms with Crippen LogP contribution in [-0.2, 0) is 0 Å². The zero-order chi connectivity index (χ0) is 20.1. The summed E-state index contributed by atoms with van der Waals surface area (Å²) in [6, 6.07) is 1.32. The predicted octanol–water partition coefficient (Wildman–Crippen LogP) is 3.56. The molecule has 1 aromatic rings. The van der Waals surface area contributed by atoms with Gasteiger partial charge in [-0.25, -0.2) is 4.98 Å². The van der Waals surface area contributed by atoms with Gasteiger partial charge < -0.3 is 19.9 Å². The van der Waals surface area contributed by atoms with E-state index in [-0.39, 0.29) is 6.29 Å². The van der Waals surface area contributed by atoms with E-state index >= 15 is 0 Å². The van der Waals surface area contributed by atoms with Gasteiger partial charge in [0, 0.05) is 19.1 Å². The number of hydrogen-bond donors (Lipinski definition) is 2. The lowest BCUT2D eigenvalue weighted by Crippen LogP contribution is -2.44. The molecule has 0 amide bonds. The van der Waals surface area contributed by atoms with Crippen molar-refractivity contribution in [1.82, 2.24) is 14.9 Å². The normalized spacial score (nSPS) is 25.2. The van der Waals surface area contributed by atoms with Gasteiger partial charge in [0.15, 0.2) is 12.1 Å². The van der Waals surface area contributed by atoms with E-state index < -0.39 is 0 Å². The van der Waals surface area contributed by atoms with Crippen molar-refractivity contribution >= 4 is 11.5 Å². The molecule has 3 heterocycles. The van der Waals surface area contributed by atoms with Gasteiger partial charge in [0.1, 0.15) is 0 Å². The highest BCUT2D eigenvalue weighted by molar-refractivity contribution is 5.71. The number of piperidine rings is 1. The molecule has 0 bridgehead atoms. The third kappa shape index (κ3) is 5.12. The lowest BCUT2D eigenvalue weighted by molar-refractivity contribution is 0.120. The quantitative estimate of drug-likeness (QED) is 0.611. The Labute approximate surface area is 175 Å². The van der Waals surface area contributed by atoms with Crippen molar-refractivity contribution in [2.24, 2.45) is 11.7 Å². The molecule has 1 saturated carbocycles. The first-order chi connectivity index (χ1) is 14.2. The van der Waals surface area contributed by atoms with E-state index in [1.165, 1.54) is 58.0 Å². The van der Waals surface area contributed by atoms with Gasteiger partial charge in [-0.15, -0.1) is 0 Å². The van der Waals surface area contributed by atoms with Gasteiger partial charge in [0.2, 0.25) is 0 Å². The van der Waals surface area contributed by atoms with Gasteiger partial charge in [-0.3, -0.25) is 5.73 Å². The number of nitrogens with two attached hydrogens (primary N) is 1. The number of fused-ring (bicyclic) bond motifs is 1. The first-order valence-electron chi connectivity index (χ1n) is 11.8. The summed E-state index contributed by atoms with van der Waals surface area (Å²) in [5.41, 5.74) is 7.23. The third-order valence-corrected chi connectivity index (χ3v) is 6.79. The molecule has 4 rings (SSSR count). The molecule has 2 aliphatic heterocycles. The van der Waals surface area contributed by atoms with Crippen molar-refractivity contribution in [3.05, 3.63) is 6.20 Å². The molecule has 1 saturated heterocycles. The van der Waals surface area contributed by atoms with Crippen LogP contribution in [0, 0.1) is 5.92 Å². The van der Waals surface area contributed by atoms with E-state index in [0.717, 1.165) is 49.3 Å². The van der Waals surface area contributed by atoms with Crippen LogP contribution < -0.4 is 20.7 Å². The smallest absolute Gasteiger partial charge is 0.318 e. The Bertz CT molecular complexity index is 650. The van der Waals surface area contributed by atoms with Gasteiger partial charge in [-0.1, -0.05) is 26.2 Å². The molecular weight excluding hydrogens is 364 g/mol. The minimum atomic E-state index is -0.230. The fourth-order valence-electron chi connectivity index (χ4n) is 5.15. The van der Waals surface area contributed by atoms with Gasteiger partial charge in [0.25, 0.3) is 0 Å².